The lowest BCUT2D eigenvalue weighted by atomic mass is 10.2. The fraction of sp³-hybridized carbons (Fsp3) is 0.615. The van der Waals surface area contributed by atoms with Gasteiger partial charge in [-0.25, -0.2) is 4.98 Å². The minimum atomic E-state index is -0.252. The first-order valence-electron chi connectivity index (χ1n) is 6.02. The minimum Gasteiger partial charge on any atom is -0.488 e. The Kier molecular flexibility index (Phi) is 3.24. The SMILES string of the molecule is CC(C)(C)Oc1cc(CN)c(OC2CC2)cn1. The highest BCUT2D eigenvalue weighted by Crippen LogP contribution is 2.30. The zero-order valence-electron chi connectivity index (χ0n) is 10.7. The highest BCUT2D eigenvalue weighted by molar-refractivity contribution is 5.35. The van der Waals surface area contributed by atoms with E-state index in [1.165, 1.54) is 0 Å². The predicted molar refractivity (Wildman–Crippen MR) is 66.2 cm³/mol. The van der Waals surface area contributed by atoms with Gasteiger partial charge in [0.2, 0.25) is 5.88 Å². The number of pyridine rings is 1. The van der Waals surface area contributed by atoms with E-state index in [4.69, 9.17) is 15.2 Å². The largest absolute Gasteiger partial charge is 0.488 e. The molecule has 1 aromatic rings. The van der Waals surface area contributed by atoms with Crippen LogP contribution >= 0.6 is 0 Å². The van der Waals surface area contributed by atoms with Gasteiger partial charge in [0.05, 0.1) is 12.3 Å². The fourth-order valence-electron chi connectivity index (χ4n) is 1.46. The Labute approximate surface area is 102 Å². The van der Waals surface area contributed by atoms with Crippen LogP contribution in [-0.4, -0.2) is 16.7 Å². The standard InChI is InChI=1S/C13H20N2O2/c1-13(2,3)17-12-6-9(7-14)11(8-15-12)16-10-4-5-10/h6,8,10H,4-5,7,14H2,1-3H3. The lowest BCUT2D eigenvalue weighted by molar-refractivity contribution is 0.123. The Balaban J connectivity index is 2.14. The van der Waals surface area contributed by atoms with Crippen LogP contribution in [0.3, 0.4) is 0 Å². The molecular formula is C13H20N2O2. The zero-order valence-corrected chi connectivity index (χ0v) is 10.7. The van der Waals surface area contributed by atoms with E-state index in [1.54, 1.807) is 6.20 Å². The number of rotatable bonds is 4. The number of nitrogens with two attached hydrogens (primary N) is 1. The first kappa shape index (κ1) is 12.2. The van der Waals surface area contributed by atoms with Crippen LogP contribution in [0.15, 0.2) is 12.3 Å². The first-order valence-corrected chi connectivity index (χ1v) is 6.02. The van der Waals surface area contributed by atoms with E-state index in [0.717, 1.165) is 24.2 Å². The van der Waals surface area contributed by atoms with E-state index in [1.807, 2.05) is 26.8 Å². The summed E-state index contributed by atoms with van der Waals surface area (Å²) in [6.07, 6.45) is 4.33. The van der Waals surface area contributed by atoms with Crippen molar-refractivity contribution in [1.29, 1.82) is 0 Å². The van der Waals surface area contributed by atoms with Crippen LogP contribution in [0.1, 0.15) is 39.2 Å². The first-order chi connectivity index (χ1) is 7.98. The molecule has 0 amide bonds. The molecule has 0 radical (unpaired) electrons. The Morgan fingerprint density at radius 3 is 2.65 bits per heavy atom. The van der Waals surface area contributed by atoms with E-state index in [2.05, 4.69) is 4.98 Å². The molecule has 1 aromatic heterocycles. The maximum absolute atomic E-state index is 5.73. The van der Waals surface area contributed by atoms with E-state index in [-0.39, 0.29) is 5.60 Å². The van der Waals surface area contributed by atoms with Gasteiger partial charge in [0.15, 0.2) is 0 Å². The van der Waals surface area contributed by atoms with Crippen molar-refractivity contribution in [2.75, 3.05) is 0 Å². The van der Waals surface area contributed by atoms with Crippen LogP contribution in [0, 0.1) is 0 Å². The van der Waals surface area contributed by atoms with Gasteiger partial charge in [-0.2, -0.15) is 0 Å². The maximum atomic E-state index is 5.73. The normalized spacial score (nSPS) is 15.8. The zero-order chi connectivity index (χ0) is 12.5. The van der Waals surface area contributed by atoms with Crippen molar-refractivity contribution in [3.05, 3.63) is 17.8 Å². The lowest BCUT2D eigenvalue weighted by Crippen LogP contribution is -2.23. The summed E-state index contributed by atoms with van der Waals surface area (Å²) in [7, 11) is 0. The van der Waals surface area contributed by atoms with Gasteiger partial charge >= 0.3 is 0 Å². The van der Waals surface area contributed by atoms with Crippen molar-refractivity contribution in [3.8, 4) is 11.6 Å². The van der Waals surface area contributed by atoms with Crippen molar-refractivity contribution in [1.82, 2.24) is 4.98 Å². The fourth-order valence-corrected chi connectivity index (χ4v) is 1.46. The lowest BCUT2D eigenvalue weighted by Gasteiger charge is -2.21. The number of aromatic nitrogens is 1. The topological polar surface area (TPSA) is 57.4 Å². The highest BCUT2D eigenvalue weighted by Gasteiger charge is 2.25. The third kappa shape index (κ3) is 3.60. The summed E-state index contributed by atoms with van der Waals surface area (Å²) in [5.41, 5.74) is 6.41. The molecule has 2 rings (SSSR count). The quantitative estimate of drug-likeness (QED) is 0.871. The second-order valence-corrected chi connectivity index (χ2v) is 5.37. The van der Waals surface area contributed by atoms with Crippen LogP contribution in [0.5, 0.6) is 11.6 Å². The average molecular weight is 236 g/mol. The molecule has 0 bridgehead atoms. The van der Waals surface area contributed by atoms with Gasteiger partial charge in [0, 0.05) is 18.2 Å². The van der Waals surface area contributed by atoms with E-state index >= 15 is 0 Å². The molecule has 2 N–H and O–H groups in total. The molecule has 1 aliphatic rings. The molecule has 17 heavy (non-hydrogen) atoms. The van der Waals surface area contributed by atoms with Crippen LogP contribution in [-0.2, 0) is 6.54 Å². The molecule has 1 saturated carbocycles. The Morgan fingerprint density at radius 2 is 2.12 bits per heavy atom. The molecule has 0 aromatic carbocycles. The summed E-state index contributed by atoms with van der Waals surface area (Å²) in [5.74, 6) is 1.39. The third-order valence-corrected chi connectivity index (χ3v) is 2.37. The van der Waals surface area contributed by atoms with Crippen LogP contribution in [0.2, 0.25) is 0 Å². The van der Waals surface area contributed by atoms with Crippen molar-refractivity contribution < 1.29 is 9.47 Å². The molecule has 1 aliphatic carbocycles. The molecule has 1 fully saturated rings. The highest BCUT2D eigenvalue weighted by atomic mass is 16.5. The number of ether oxygens (including phenoxy) is 2. The summed E-state index contributed by atoms with van der Waals surface area (Å²) >= 11 is 0. The van der Waals surface area contributed by atoms with Gasteiger partial charge in [-0.3, -0.25) is 0 Å². The third-order valence-electron chi connectivity index (χ3n) is 2.37. The summed E-state index contributed by atoms with van der Waals surface area (Å²) in [5, 5.41) is 0. The van der Waals surface area contributed by atoms with E-state index < -0.39 is 0 Å². The predicted octanol–water partition coefficient (Wildman–Crippen LogP) is 2.26. The molecule has 0 aliphatic heterocycles. The summed E-state index contributed by atoms with van der Waals surface area (Å²) in [4.78, 5) is 4.25. The molecule has 4 heteroatoms. The second kappa shape index (κ2) is 4.53. The number of nitrogens with zero attached hydrogens (tertiary/aromatic N) is 1. The Bertz CT molecular complexity index is 395. The number of hydrogen-bond donors (Lipinski definition) is 1. The van der Waals surface area contributed by atoms with Crippen LogP contribution < -0.4 is 15.2 Å². The summed E-state index contributed by atoms with van der Waals surface area (Å²) < 4.78 is 11.4. The van der Waals surface area contributed by atoms with Crippen LogP contribution in [0.25, 0.3) is 0 Å². The summed E-state index contributed by atoms with van der Waals surface area (Å²) in [6.45, 7) is 6.41. The smallest absolute Gasteiger partial charge is 0.214 e. The van der Waals surface area contributed by atoms with Crippen molar-refractivity contribution in [2.24, 2.45) is 5.73 Å². The van der Waals surface area contributed by atoms with Gasteiger partial charge in [-0.1, -0.05) is 0 Å². The molecular weight excluding hydrogens is 216 g/mol. The van der Waals surface area contributed by atoms with Crippen LogP contribution in [0.4, 0.5) is 0 Å². The monoisotopic (exact) mass is 236 g/mol. The summed E-state index contributed by atoms with van der Waals surface area (Å²) in [6, 6.07) is 1.86. The second-order valence-electron chi connectivity index (χ2n) is 5.37. The molecule has 1 heterocycles. The maximum Gasteiger partial charge on any atom is 0.214 e. The molecule has 4 nitrogen and oxygen atoms in total. The van der Waals surface area contributed by atoms with Crippen molar-refractivity contribution in [3.63, 3.8) is 0 Å². The van der Waals surface area contributed by atoms with E-state index in [0.29, 0.717) is 18.5 Å². The molecule has 94 valence electrons. The van der Waals surface area contributed by atoms with E-state index in [9.17, 15) is 0 Å². The van der Waals surface area contributed by atoms with Gasteiger partial charge in [0.1, 0.15) is 11.4 Å². The van der Waals surface area contributed by atoms with Gasteiger partial charge in [-0.15, -0.1) is 0 Å². The van der Waals surface area contributed by atoms with Crippen molar-refractivity contribution >= 4 is 0 Å². The van der Waals surface area contributed by atoms with Gasteiger partial charge in [0.25, 0.3) is 0 Å². The van der Waals surface area contributed by atoms with Gasteiger partial charge in [-0.05, 0) is 33.6 Å². The molecule has 0 atom stereocenters. The van der Waals surface area contributed by atoms with Gasteiger partial charge < -0.3 is 15.2 Å². The molecule has 0 unspecified atom stereocenters. The Hall–Kier alpha value is -1.29. The van der Waals surface area contributed by atoms with Crippen molar-refractivity contribution in [2.45, 2.75) is 51.9 Å². The number of hydrogen-bond acceptors (Lipinski definition) is 4. The minimum absolute atomic E-state index is 0.252. The Morgan fingerprint density at radius 1 is 1.41 bits per heavy atom. The average Bonchev–Trinajstić information content (AvgIpc) is 3.02. The molecule has 0 saturated heterocycles. The molecule has 0 spiro atoms.